The molecular formula is C12H24N2O3. The minimum Gasteiger partial charge on any atom is -0.394 e. The molecule has 1 aliphatic carbocycles. The molecule has 0 aromatic carbocycles. The largest absolute Gasteiger partial charge is 0.394 e. The third-order valence-electron chi connectivity index (χ3n) is 3.09. The fraction of sp³-hybridized carbons (Fsp3) is 0.917. The van der Waals surface area contributed by atoms with E-state index in [1.807, 2.05) is 0 Å². The van der Waals surface area contributed by atoms with Gasteiger partial charge in [-0.2, -0.15) is 0 Å². The second-order valence-electron chi connectivity index (χ2n) is 4.60. The number of aliphatic hydroxyl groups excluding tert-OH is 1. The van der Waals surface area contributed by atoms with Crippen molar-refractivity contribution in [3.05, 3.63) is 0 Å². The van der Waals surface area contributed by atoms with Crippen LogP contribution in [-0.4, -0.2) is 43.4 Å². The van der Waals surface area contributed by atoms with Crippen LogP contribution in [0.15, 0.2) is 0 Å². The van der Waals surface area contributed by atoms with Gasteiger partial charge in [-0.05, 0) is 25.7 Å². The van der Waals surface area contributed by atoms with Gasteiger partial charge in [-0.3, -0.25) is 4.79 Å². The van der Waals surface area contributed by atoms with E-state index in [9.17, 15) is 4.79 Å². The molecule has 1 rings (SSSR count). The van der Waals surface area contributed by atoms with E-state index in [0.717, 1.165) is 32.1 Å². The average molecular weight is 244 g/mol. The Kier molecular flexibility index (Phi) is 7.16. The van der Waals surface area contributed by atoms with Gasteiger partial charge in [-0.25, -0.2) is 0 Å². The Balaban J connectivity index is 2.04. The van der Waals surface area contributed by atoms with Crippen LogP contribution in [0.2, 0.25) is 0 Å². The molecule has 0 bridgehead atoms. The quantitative estimate of drug-likeness (QED) is 0.551. The molecule has 5 heteroatoms. The van der Waals surface area contributed by atoms with Crippen LogP contribution in [0.3, 0.4) is 0 Å². The molecule has 0 saturated heterocycles. The normalized spacial score (nSPS) is 24.6. The van der Waals surface area contributed by atoms with E-state index in [2.05, 4.69) is 5.32 Å². The Bertz CT molecular complexity index is 224. The second-order valence-corrected chi connectivity index (χ2v) is 4.60. The highest BCUT2D eigenvalue weighted by molar-refractivity contribution is 5.78. The van der Waals surface area contributed by atoms with Crippen molar-refractivity contribution in [2.45, 2.75) is 38.1 Å². The molecule has 17 heavy (non-hydrogen) atoms. The highest BCUT2D eigenvalue weighted by atomic mass is 16.5. The summed E-state index contributed by atoms with van der Waals surface area (Å²) in [6, 6.07) is 0.187. The van der Waals surface area contributed by atoms with Gasteiger partial charge in [0.25, 0.3) is 0 Å². The summed E-state index contributed by atoms with van der Waals surface area (Å²) in [5.74, 6) is 0.222. The van der Waals surface area contributed by atoms with Crippen molar-refractivity contribution in [2.75, 3.05) is 26.4 Å². The van der Waals surface area contributed by atoms with Crippen LogP contribution in [-0.2, 0) is 9.53 Å². The molecule has 0 radical (unpaired) electrons. The van der Waals surface area contributed by atoms with Gasteiger partial charge in [-0.1, -0.05) is 6.42 Å². The number of aliphatic hydroxyl groups is 1. The summed E-state index contributed by atoms with van der Waals surface area (Å²) in [6.45, 7) is 1.62. The zero-order valence-electron chi connectivity index (χ0n) is 10.4. The maximum Gasteiger partial charge on any atom is 0.223 e. The van der Waals surface area contributed by atoms with Gasteiger partial charge in [0.1, 0.15) is 0 Å². The lowest BCUT2D eigenvalue weighted by Gasteiger charge is -2.25. The number of carbonyl (C=O) groups excluding carboxylic acids is 1. The number of ether oxygens (including phenoxy) is 1. The first-order chi connectivity index (χ1) is 8.24. The predicted molar refractivity (Wildman–Crippen MR) is 65.5 cm³/mol. The molecule has 0 aromatic rings. The lowest BCUT2D eigenvalue weighted by atomic mass is 9.85. The van der Waals surface area contributed by atoms with E-state index in [-0.39, 0.29) is 24.5 Å². The van der Waals surface area contributed by atoms with Crippen LogP contribution in [0.25, 0.3) is 0 Å². The number of nitrogens with two attached hydrogens (primary N) is 1. The number of carbonyl (C=O) groups is 1. The van der Waals surface area contributed by atoms with Gasteiger partial charge < -0.3 is 20.9 Å². The summed E-state index contributed by atoms with van der Waals surface area (Å²) in [5.41, 5.74) is 5.85. The van der Waals surface area contributed by atoms with Crippen LogP contribution in [0, 0.1) is 5.92 Å². The molecule has 100 valence electrons. The van der Waals surface area contributed by atoms with Crippen LogP contribution in [0.5, 0.6) is 0 Å². The molecule has 1 aliphatic rings. The molecule has 1 fully saturated rings. The SMILES string of the molecule is NC1CCCC(C(=O)NCCCOCCO)C1. The molecule has 0 heterocycles. The molecule has 4 N–H and O–H groups in total. The smallest absolute Gasteiger partial charge is 0.223 e. The Morgan fingerprint density at radius 2 is 2.24 bits per heavy atom. The zero-order valence-corrected chi connectivity index (χ0v) is 10.4. The molecule has 1 saturated carbocycles. The zero-order chi connectivity index (χ0) is 12.5. The molecule has 0 spiro atoms. The summed E-state index contributed by atoms with van der Waals surface area (Å²) < 4.78 is 5.11. The minimum atomic E-state index is 0.0479. The van der Waals surface area contributed by atoms with Crippen LogP contribution in [0.1, 0.15) is 32.1 Å². The van der Waals surface area contributed by atoms with E-state index in [1.54, 1.807) is 0 Å². The van der Waals surface area contributed by atoms with Crippen molar-refractivity contribution in [3.8, 4) is 0 Å². The maximum atomic E-state index is 11.8. The van der Waals surface area contributed by atoms with Crippen molar-refractivity contribution in [2.24, 2.45) is 11.7 Å². The van der Waals surface area contributed by atoms with Gasteiger partial charge in [0.2, 0.25) is 5.91 Å². The van der Waals surface area contributed by atoms with Crippen molar-refractivity contribution in [3.63, 3.8) is 0 Å². The third kappa shape index (κ3) is 6.00. The highest BCUT2D eigenvalue weighted by Gasteiger charge is 2.24. The summed E-state index contributed by atoms with van der Waals surface area (Å²) in [5, 5.41) is 11.4. The monoisotopic (exact) mass is 244 g/mol. The van der Waals surface area contributed by atoms with E-state index < -0.39 is 0 Å². The predicted octanol–water partition coefficient (Wildman–Crippen LogP) is 0.0191. The van der Waals surface area contributed by atoms with Crippen molar-refractivity contribution < 1.29 is 14.6 Å². The standard InChI is InChI=1S/C12H24N2O3/c13-11-4-1-3-10(9-11)12(16)14-5-2-7-17-8-6-15/h10-11,15H,1-9,13H2,(H,14,16). The van der Waals surface area contributed by atoms with Gasteiger partial charge in [0, 0.05) is 25.1 Å². The maximum absolute atomic E-state index is 11.8. The number of hydrogen-bond acceptors (Lipinski definition) is 4. The van der Waals surface area contributed by atoms with E-state index in [1.165, 1.54) is 0 Å². The summed E-state index contributed by atoms with van der Waals surface area (Å²) in [6.07, 6.45) is 4.65. The highest BCUT2D eigenvalue weighted by Crippen LogP contribution is 2.22. The lowest BCUT2D eigenvalue weighted by molar-refractivity contribution is -0.126. The first-order valence-electron chi connectivity index (χ1n) is 6.46. The Labute approximate surface area is 103 Å². The topological polar surface area (TPSA) is 84.6 Å². The van der Waals surface area contributed by atoms with Crippen LogP contribution in [0.4, 0.5) is 0 Å². The van der Waals surface area contributed by atoms with E-state index >= 15 is 0 Å². The Morgan fingerprint density at radius 3 is 2.94 bits per heavy atom. The molecule has 0 aromatic heterocycles. The van der Waals surface area contributed by atoms with Crippen LogP contribution < -0.4 is 11.1 Å². The number of amides is 1. The summed E-state index contributed by atoms with van der Waals surface area (Å²) in [7, 11) is 0. The molecular weight excluding hydrogens is 220 g/mol. The first kappa shape index (κ1) is 14.4. The molecule has 1 amide bonds. The minimum absolute atomic E-state index is 0.0479. The number of rotatable bonds is 7. The molecule has 2 unspecified atom stereocenters. The molecule has 5 nitrogen and oxygen atoms in total. The first-order valence-corrected chi connectivity index (χ1v) is 6.46. The lowest BCUT2D eigenvalue weighted by Crippen LogP contribution is -2.38. The Hall–Kier alpha value is -0.650. The fourth-order valence-corrected chi connectivity index (χ4v) is 2.16. The number of nitrogens with one attached hydrogen (secondary N) is 1. The van der Waals surface area contributed by atoms with Crippen molar-refractivity contribution in [1.29, 1.82) is 0 Å². The fourth-order valence-electron chi connectivity index (χ4n) is 2.16. The van der Waals surface area contributed by atoms with Gasteiger partial charge >= 0.3 is 0 Å². The molecule has 2 atom stereocenters. The van der Waals surface area contributed by atoms with Gasteiger partial charge in [0.15, 0.2) is 0 Å². The summed E-state index contributed by atoms with van der Waals surface area (Å²) in [4.78, 5) is 11.8. The van der Waals surface area contributed by atoms with Crippen molar-refractivity contribution >= 4 is 5.91 Å². The number of hydrogen-bond donors (Lipinski definition) is 3. The molecule has 0 aliphatic heterocycles. The van der Waals surface area contributed by atoms with E-state index in [0.29, 0.717) is 19.8 Å². The summed E-state index contributed by atoms with van der Waals surface area (Å²) >= 11 is 0. The average Bonchev–Trinajstić information content (AvgIpc) is 2.33. The van der Waals surface area contributed by atoms with Crippen LogP contribution >= 0.6 is 0 Å². The second kappa shape index (κ2) is 8.44. The van der Waals surface area contributed by atoms with Crippen molar-refractivity contribution in [1.82, 2.24) is 5.32 Å². The van der Waals surface area contributed by atoms with Gasteiger partial charge in [-0.15, -0.1) is 0 Å². The Morgan fingerprint density at radius 1 is 1.41 bits per heavy atom. The van der Waals surface area contributed by atoms with Gasteiger partial charge in [0.05, 0.1) is 13.2 Å². The third-order valence-corrected chi connectivity index (χ3v) is 3.09. The van der Waals surface area contributed by atoms with E-state index in [4.69, 9.17) is 15.6 Å².